The smallest absolute Gasteiger partial charge is 0.453 e. The minimum Gasteiger partial charge on any atom is -0.478 e. The Hall–Kier alpha value is -3.51. The number of nitrogens with zero attached hydrogens (tertiary/aromatic N) is 4. The first-order chi connectivity index (χ1) is 14.4. The van der Waals surface area contributed by atoms with Gasteiger partial charge in [0, 0.05) is 10.8 Å². The van der Waals surface area contributed by atoms with Crippen molar-refractivity contribution in [1.29, 1.82) is 0 Å². The van der Waals surface area contributed by atoms with E-state index in [1.807, 2.05) is 0 Å². The maximum Gasteiger partial charge on any atom is 0.453 e. The zero-order valence-corrected chi connectivity index (χ0v) is 18.2. The molecule has 0 radical (unpaired) electrons. The van der Waals surface area contributed by atoms with Gasteiger partial charge in [0.1, 0.15) is 23.4 Å². The van der Waals surface area contributed by atoms with E-state index in [1.165, 1.54) is 0 Å². The minimum absolute atomic E-state index is 0.281. The third-order valence-electron chi connectivity index (χ3n) is 4.05. The Balaban J connectivity index is 2.71. The van der Waals surface area contributed by atoms with Crippen LogP contribution in [-0.4, -0.2) is 42.6 Å². The zero-order valence-electron chi connectivity index (χ0n) is 18.2. The molecule has 2 heterocycles. The highest BCUT2D eigenvalue weighted by Gasteiger charge is 2.36. The first-order valence-electron chi connectivity index (χ1n) is 9.31. The second-order valence-electron chi connectivity index (χ2n) is 8.98. The highest BCUT2D eigenvalue weighted by molar-refractivity contribution is 6.03. The van der Waals surface area contributed by atoms with Crippen LogP contribution in [0.15, 0.2) is 12.4 Å². The zero-order chi connectivity index (χ0) is 24.6. The van der Waals surface area contributed by atoms with Gasteiger partial charge in [-0.2, -0.15) is 13.2 Å². The lowest BCUT2D eigenvalue weighted by Gasteiger charge is -2.21. The molecule has 0 aromatic carbocycles. The second kappa shape index (κ2) is 8.20. The Morgan fingerprint density at radius 1 is 0.938 bits per heavy atom. The number of carboxylic acids is 1. The molecule has 2 amide bonds. The summed E-state index contributed by atoms with van der Waals surface area (Å²) in [6.07, 6.45) is -4.13. The number of hydrogen-bond acceptors (Lipinski definition) is 6. The Kier molecular flexibility index (Phi) is 6.35. The van der Waals surface area contributed by atoms with E-state index in [0.29, 0.717) is 11.0 Å². The van der Waals surface area contributed by atoms with Crippen LogP contribution >= 0.6 is 0 Å². The Morgan fingerprint density at radius 2 is 1.44 bits per heavy atom. The fourth-order valence-corrected chi connectivity index (χ4v) is 2.13. The van der Waals surface area contributed by atoms with Gasteiger partial charge in [0.25, 0.3) is 5.82 Å². The molecule has 3 N–H and O–H groups in total. The van der Waals surface area contributed by atoms with Crippen molar-refractivity contribution in [2.75, 3.05) is 10.6 Å². The average molecular weight is 456 g/mol. The molecule has 2 aromatic rings. The highest BCUT2D eigenvalue weighted by Crippen LogP contribution is 2.30. The lowest BCUT2D eigenvalue weighted by Crippen LogP contribution is -2.31. The number of rotatable bonds is 4. The summed E-state index contributed by atoms with van der Waals surface area (Å²) in [5.74, 6) is -4.79. The predicted octanol–water partition coefficient (Wildman–Crippen LogP) is 3.35. The molecule has 2 aromatic heterocycles. The molecule has 0 fully saturated rings. The molecule has 2 rings (SSSR count). The van der Waals surface area contributed by atoms with Crippen LogP contribution in [0.2, 0.25) is 0 Å². The number of halogens is 3. The second-order valence-corrected chi connectivity index (χ2v) is 8.98. The molecule has 10 nitrogen and oxygen atoms in total. The van der Waals surface area contributed by atoms with E-state index in [1.54, 1.807) is 41.5 Å². The first-order valence-corrected chi connectivity index (χ1v) is 9.31. The Bertz CT molecular complexity index is 1060. The number of carboxylic acid groups (broad SMARTS) is 1. The fraction of sp³-hybridized carbons (Fsp3) is 0.474. The van der Waals surface area contributed by atoms with Gasteiger partial charge in [-0.3, -0.25) is 9.59 Å². The molecule has 0 bridgehead atoms. The standard InChI is InChI=1S/C19H23F3N6O4/c1-17(2,3)15(31)25-11-9(13(29)30)7-10(12(24-11)26-16(32)18(4,5)6)28-8-23-14(27-28)19(20,21)22/h7-8H,1-6H3,(H,29,30)(H2,24,25,26,31,32). The maximum absolute atomic E-state index is 12.9. The topological polar surface area (TPSA) is 139 Å². The van der Waals surface area contributed by atoms with Crippen molar-refractivity contribution in [3.8, 4) is 5.69 Å². The normalized spacial score (nSPS) is 12.4. The summed E-state index contributed by atoms with van der Waals surface area (Å²) in [7, 11) is 0. The van der Waals surface area contributed by atoms with Gasteiger partial charge in [-0.1, -0.05) is 41.5 Å². The van der Waals surface area contributed by atoms with E-state index in [2.05, 4.69) is 25.7 Å². The molecule has 0 spiro atoms. The van der Waals surface area contributed by atoms with Crippen molar-refractivity contribution in [3.05, 3.63) is 23.8 Å². The van der Waals surface area contributed by atoms with Crippen molar-refractivity contribution < 1.29 is 32.7 Å². The first kappa shape index (κ1) is 24.8. The highest BCUT2D eigenvalue weighted by atomic mass is 19.4. The number of nitrogens with one attached hydrogen (secondary N) is 2. The van der Waals surface area contributed by atoms with E-state index in [4.69, 9.17) is 0 Å². The van der Waals surface area contributed by atoms with E-state index in [0.717, 1.165) is 6.07 Å². The quantitative estimate of drug-likeness (QED) is 0.641. The molecule has 0 aliphatic heterocycles. The van der Waals surface area contributed by atoms with E-state index >= 15 is 0 Å². The van der Waals surface area contributed by atoms with Crippen molar-refractivity contribution in [2.24, 2.45) is 10.8 Å². The van der Waals surface area contributed by atoms with Gasteiger partial charge in [0.15, 0.2) is 5.82 Å². The molecule has 174 valence electrons. The van der Waals surface area contributed by atoms with Crippen LogP contribution < -0.4 is 10.6 Å². The van der Waals surface area contributed by atoms with Crippen LogP contribution in [0.4, 0.5) is 24.8 Å². The third-order valence-corrected chi connectivity index (χ3v) is 4.05. The molecule has 0 aliphatic rings. The number of alkyl halides is 3. The molecular formula is C19H23F3N6O4. The van der Waals surface area contributed by atoms with Crippen LogP contribution in [0, 0.1) is 10.8 Å². The lowest BCUT2D eigenvalue weighted by molar-refractivity contribution is -0.144. The number of aromatic carboxylic acids is 1. The number of amides is 2. The summed E-state index contributed by atoms with van der Waals surface area (Å²) < 4.78 is 39.5. The van der Waals surface area contributed by atoms with Crippen molar-refractivity contribution in [1.82, 2.24) is 19.7 Å². The van der Waals surface area contributed by atoms with Crippen LogP contribution in [0.5, 0.6) is 0 Å². The van der Waals surface area contributed by atoms with E-state index < -0.39 is 46.2 Å². The van der Waals surface area contributed by atoms with Gasteiger partial charge in [-0.05, 0) is 6.07 Å². The van der Waals surface area contributed by atoms with Crippen molar-refractivity contribution in [2.45, 2.75) is 47.7 Å². The number of carbonyl (C=O) groups excluding carboxylic acids is 2. The summed E-state index contributed by atoms with van der Waals surface area (Å²) in [6.45, 7) is 9.54. The largest absolute Gasteiger partial charge is 0.478 e. The monoisotopic (exact) mass is 456 g/mol. The van der Waals surface area contributed by atoms with Crippen molar-refractivity contribution >= 4 is 29.4 Å². The van der Waals surface area contributed by atoms with Gasteiger partial charge >= 0.3 is 12.1 Å². The maximum atomic E-state index is 12.9. The Morgan fingerprint density at radius 3 is 1.84 bits per heavy atom. The lowest BCUT2D eigenvalue weighted by atomic mass is 9.95. The summed E-state index contributed by atoms with van der Waals surface area (Å²) in [5, 5.41) is 17.7. The van der Waals surface area contributed by atoms with Gasteiger partial charge in [-0.25, -0.2) is 19.4 Å². The SMILES string of the molecule is CC(C)(C)C(=O)Nc1nc(NC(=O)C(C)(C)C)c(-n2cnc(C(F)(F)F)n2)cc1C(=O)O. The van der Waals surface area contributed by atoms with Gasteiger partial charge in [0.2, 0.25) is 11.8 Å². The molecule has 0 unspecified atom stereocenters. The van der Waals surface area contributed by atoms with Crippen LogP contribution in [-0.2, 0) is 15.8 Å². The van der Waals surface area contributed by atoms with E-state index in [-0.39, 0.29) is 17.3 Å². The molecular weight excluding hydrogens is 433 g/mol. The number of pyridine rings is 1. The summed E-state index contributed by atoms with van der Waals surface area (Å²) in [5.41, 5.74) is -2.62. The van der Waals surface area contributed by atoms with Crippen LogP contribution in [0.1, 0.15) is 57.7 Å². The van der Waals surface area contributed by atoms with Crippen LogP contribution in [0.25, 0.3) is 5.69 Å². The molecule has 0 saturated heterocycles. The average Bonchev–Trinajstić information content (AvgIpc) is 3.10. The van der Waals surface area contributed by atoms with Crippen molar-refractivity contribution in [3.63, 3.8) is 0 Å². The predicted molar refractivity (Wildman–Crippen MR) is 107 cm³/mol. The van der Waals surface area contributed by atoms with Gasteiger partial charge < -0.3 is 15.7 Å². The summed E-state index contributed by atoms with van der Waals surface area (Å²) in [4.78, 5) is 43.9. The molecule has 0 aliphatic carbocycles. The van der Waals surface area contributed by atoms with E-state index in [9.17, 15) is 32.7 Å². The molecule has 0 atom stereocenters. The summed E-state index contributed by atoms with van der Waals surface area (Å²) >= 11 is 0. The molecule has 32 heavy (non-hydrogen) atoms. The fourth-order valence-electron chi connectivity index (χ4n) is 2.13. The minimum atomic E-state index is -4.84. The number of hydrogen-bond donors (Lipinski definition) is 3. The molecule has 0 saturated carbocycles. The number of anilines is 2. The number of aromatic nitrogens is 4. The van der Waals surface area contributed by atoms with Gasteiger partial charge in [-0.15, -0.1) is 5.10 Å². The summed E-state index contributed by atoms with van der Waals surface area (Å²) in [6, 6.07) is 0.945. The van der Waals surface area contributed by atoms with Gasteiger partial charge in [0.05, 0.1) is 0 Å². The molecule has 13 heteroatoms. The third kappa shape index (κ3) is 5.59. The van der Waals surface area contributed by atoms with Crippen LogP contribution in [0.3, 0.4) is 0 Å². The number of carbonyl (C=O) groups is 3. The Labute approximate surface area is 181 Å².